The van der Waals surface area contributed by atoms with E-state index in [1.165, 1.54) is 6.07 Å². The van der Waals surface area contributed by atoms with Crippen LogP contribution in [0.3, 0.4) is 0 Å². The molecule has 2 nitrogen and oxygen atoms in total. The van der Waals surface area contributed by atoms with Gasteiger partial charge in [0.05, 0.1) is 21.3 Å². The molecule has 0 aliphatic carbocycles. The zero-order valence-electron chi connectivity index (χ0n) is 12.8. The number of hydrogen-bond acceptors (Lipinski definition) is 1. The maximum absolute atomic E-state index is 14.2. The fourth-order valence-electron chi connectivity index (χ4n) is 2.91. The molecule has 0 unspecified atom stereocenters. The molecule has 0 fully saturated rings. The first-order valence-electron chi connectivity index (χ1n) is 7.67. The molecule has 1 aromatic heterocycles. The van der Waals surface area contributed by atoms with Gasteiger partial charge in [-0.3, -0.25) is 0 Å². The van der Waals surface area contributed by atoms with Gasteiger partial charge in [-0.05, 0) is 43.5 Å². The predicted octanol–water partition coefficient (Wildman–Crippen LogP) is 5.70. The van der Waals surface area contributed by atoms with Crippen molar-refractivity contribution in [1.29, 1.82) is 0 Å². The molecule has 2 aromatic carbocycles. The molecule has 0 saturated carbocycles. The number of hydrogen-bond donors (Lipinski definition) is 2. The van der Waals surface area contributed by atoms with Gasteiger partial charge in [-0.25, -0.2) is 8.78 Å². The molecule has 3 rings (SSSR count). The Balaban J connectivity index is 2.24. The average molecular weight is 369 g/mol. The largest absolute Gasteiger partial charge is 0.352 e. The lowest BCUT2D eigenvalue weighted by molar-refractivity contribution is 0.591. The number of nitrogens with two attached hydrogens (primary N) is 1. The van der Waals surface area contributed by atoms with E-state index in [1.54, 1.807) is 18.2 Å². The van der Waals surface area contributed by atoms with Crippen LogP contribution < -0.4 is 5.73 Å². The summed E-state index contributed by atoms with van der Waals surface area (Å²) in [7, 11) is 0. The minimum atomic E-state index is -0.630. The third-order valence-electron chi connectivity index (χ3n) is 4.03. The molecule has 0 spiro atoms. The molecule has 0 atom stereocenters. The minimum Gasteiger partial charge on any atom is -0.352 e. The van der Waals surface area contributed by atoms with Crippen LogP contribution in [0.25, 0.3) is 22.2 Å². The van der Waals surface area contributed by atoms with Crippen LogP contribution >= 0.6 is 23.2 Å². The van der Waals surface area contributed by atoms with Gasteiger partial charge in [0, 0.05) is 17.0 Å². The number of halogens is 4. The molecule has 24 heavy (non-hydrogen) atoms. The Labute approximate surface area is 148 Å². The second-order valence-corrected chi connectivity index (χ2v) is 6.42. The summed E-state index contributed by atoms with van der Waals surface area (Å²) >= 11 is 12.4. The van der Waals surface area contributed by atoms with Crippen LogP contribution in [0, 0.1) is 11.6 Å². The zero-order chi connectivity index (χ0) is 17.3. The number of nitrogens with one attached hydrogen (secondary N) is 1. The highest BCUT2D eigenvalue weighted by Gasteiger charge is 2.19. The number of aromatic nitrogens is 1. The van der Waals surface area contributed by atoms with Crippen LogP contribution in [0.5, 0.6) is 0 Å². The van der Waals surface area contributed by atoms with Crippen LogP contribution in [0.2, 0.25) is 10.0 Å². The Bertz CT molecular complexity index is 890. The smallest absolute Gasteiger partial charge is 0.150 e. The molecule has 3 aromatic rings. The number of unbranched alkanes of at least 4 members (excludes halogenated alkanes) is 1. The van der Waals surface area contributed by atoms with Crippen molar-refractivity contribution in [3.8, 4) is 11.3 Å². The number of rotatable bonds is 5. The van der Waals surface area contributed by atoms with Crippen molar-refractivity contribution in [2.24, 2.45) is 5.73 Å². The highest BCUT2D eigenvalue weighted by Crippen LogP contribution is 2.38. The van der Waals surface area contributed by atoms with E-state index in [0.29, 0.717) is 39.7 Å². The van der Waals surface area contributed by atoms with Gasteiger partial charge in [0.2, 0.25) is 0 Å². The Hall–Kier alpha value is -1.62. The maximum Gasteiger partial charge on any atom is 0.150 e. The molecule has 3 N–H and O–H groups in total. The van der Waals surface area contributed by atoms with Gasteiger partial charge in [0.1, 0.15) is 11.6 Å². The van der Waals surface area contributed by atoms with Crippen molar-refractivity contribution >= 4 is 34.1 Å². The number of aryl methyl sites for hydroxylation is 1. The number of benzene rings is 2. The number of fused-ring (bicyclic) bond motifs is 1. The summed E-state index contributed by atoms with van der Waals surface area (Å²) in [5.74, 6) is -1.24. The molecule has 0 radical (unpaired) electrons. The van der Waals surface area contributed by atoms with Crippen molar-refractivity contribution in [1.82, 2.24) is 4.98 Å². The van der Waals surface area contributed by atoms with E-state index in [4.69, 9.17) is 28.9 Å². The van der Waals surface area contributed by atoms with Crippen molar-refractivity contribution in [2.75, 3.05) is 6.54 Å². The van der Waals surface area contributed by atoms with E-state index >= 15 is 0 Å². The molecule has 1 heterocycles. The molecule has 0 bridgehead atoms. The van der Waals surface area contributed by atoms with E-state index in [2.05, 4.69) is 4.98 Å². The summed E-state index contributed by atoms with van der Waals surface area (Å²) < 4.78 is 27.9. The highest BCUT2D eigenvalue weighted by atomic mass is 35.5. The van der Waals surface area contributed by atoms with Crippen LogP contribution in [-0.4, -0.2) is 11.5 Å². The van der Waals surface area contributed by atoms with E-state index in [9.17, 15) is 8.78 Å². The van der Waals surface area contributed by atoms with E-state index in [-0.39, 0.29) is 5.52 Å². The van der Waals surface area contributed by atoms with Gasteiger partial charge >= 0.3 is 0 Å². The quantitative estimate of drug-likeness (QED) is 0.557. The molecule has 0 saturated heterocycles. The second kappa shape index (κ2) is 7.09. The summed E-state index contributed by atoms with van der Waals surface area (Å²) in [6, 6.07) is 7.47. The first-order chi connectivity index (χ1) is 11.5. The standard InChI is InChI=1S/C18H16Cl2F2N2/c19-14-6-3-5-12(16(14)20)17-11(4-1-2-7-23)13-8-10(21)9-15(22)18(13)24-17/h3,5-6,8-9,24H,1-2,4,7,23H2. The van der Waals surface area contributed by atoms with Crippen molar-refractivity contribution in [3.05, 3.63) is 57.6 Å². The average Bonchev–Trinajstić information content (AvgIpc) is 2.89. The lowest BCUT2D eigenvalue weighted by Crippen LogP contribution is -1.99. The van der Waals surface area contributed by atoms with Crippen LogP contribution in [-0.2, 0) is 6.42 Å². The Morgan fingerprint density at radius 1 is 1.08 bits per heavy atom. The molecular weight excluding hydrogens is 353 g/mol. The maximum atomic E-state index is 14.2. The van der Waals surface area contributed by atoms with Crippen LogP contribution in [0.4, 0.5) is 8.78 Å². The SMILES string of the molecule is NCCCCc1c(-c2cccc(Cl)c2Cl)[nH]c2c(F)cc(F)cc12. The molecule has 0 aliphatic rings. The predicted molar refractivity (Wildman–Crippen MR) is 95.7 cm³/mol. The molecule has 126 valence electrons. The normalized spacial score (nSPS) is 11.4. The summed E-state index contributed by atoms with van der Waals surface area (Å²) in [6.07, 6.45) is 2.28. The Morgan fingerprint density at radius 2 is 1.88 bits per heavy atom. The van der Waals surface area contributed by atoms with Crippen molar-refractivity contribution in [3.63, 3.8) is 0 Å². The summed E-state index contributed by atoms with van der Waals surface area (Å²) in [6.45, 7) is 0.568. The fourth-order valence-corrected chi connectivity index (χ4v) is 3.30. The molecular formula is C18H16Cl2F2N2. The van der Waals surface area contributed by atoms with Gasteiger partial charge in [-0.15, -0.1) is 0 Å². The highest BCUT2D eigenvalue weighted by molar-refractivity contribution is 6.43. The lowest BCUT2D eigenvalue weighted by Gasteiger charge is -2.08. The summed E-state index contributed by atoms with van der Waals surface area (Å²) in [4.78, 5) is 3.05. The van der Waals surface area contributed by atoms with Gasteiger partial charge in [-0.1, -0.05) is 35.3 Å². The fraction of sp³-hybridized carbons (Fsp3) is 0.222. The first-order valence-corrected chi connectivity index (χ1v) is 8.42. The van der Waals surface area contributed by atoms with E-state index < -0.39 is 11.6 Å². The molecule has 0 aliphatic heterocycles. The van der Waals surface area contributed by atoms with E-state index in [0.717, 1.165) is 24.5 Å². The number of aromatic amines is 1. The van der Waals surface area contributed by atoms with Crippen molar-refractivity contribution in [2.45, 2.75) is 19.3 Å². The lowest BCUT2D eigenvalue weighted by atomic mass is 10.00. The second-order valence-electron chi connectivity index (χ2n) is 5.64. The molecule has 6 heteroatoms. The monoisotopic (exact) mass is 368 g/mol. The number of H-pyrrole nitrogens is 1. The first kappa shape index (κ1) is 17.2. The topological polar surface area (TPSA) is 41.8 Å². The van der Waals surface area contributed by atoms with Gasteiger partial charge in [0.15, 0.2) is 0 Å². The van der Waals surface area contributed by atoms with Gasteiger partial charge < -0.3 is 10.7 Å². The van der Waals surface area contributed by atoms with Crippen LogP contribution in [0.1, 0.15) is 18.4 Å². The van der Waals surface area contributed by atoms with Crippen molar-refractivity contribution < 1.29 is 8.78 Å². The Morgan fingerprint density at radius 3 is 2.62 bits per heavy atom. The van der Waals surface area contributed by atoms with Gasteiger partial charge in [0.25, 0.3) is 0 Å². The third kappa shape index (κ3) is 3.14. The molecule has 0 amide bonds. The third-order valence-corrected chi connectivity index (χ3v) is 4.85. The zero-order valence-corrected chi connectivity index (χ0v) is 14.3. The minimum absolute atomic E-state index is 0.269. The van der Waals surface area contributed by atoms with Gasteiger partial charge in [-0.2, -0.15) is 0 Å². The summed E-state index contributed by atoms with van der Waals surface area (Å²) in [5, 5.41) is 1.31. The van der Waals surface area contributed by atoms with E-state index in [1.807, 2.05) is 0 Å². The van der Waals surface area contributed by atoms with Crippen LogP contribution in [0.15, 0.2) is 30.3 Å². The summed E-state index contributed by atoms with van der Waals surface area (Å²) in [5.41, 5.74) is 7.98. The Kier molecular flexibility index (Phi) is 5.09.